The smallest absolute Gasteiger partial charge is 0.270 e. The number of nitriles is 1. The zero-order valence-corrected chi connectivity index (χ0v) is 10.4. The first-order valence-electron chi connectivity index (χ1n) is 5.64. The first kappa shape index (κ1) is 13.9. The average Bonchev–Trinajstić information content (AvgIpc) is 2.35. The fraction of sp³-hybridized carbons (Fsp3) is 0.417. The van der Waals surface area contributed by atoms with E-state index in [4.69, 9.17) is 11.0 Å². The van der Waals surface area contributed by atoms with E-state index in [-0.39, 0.29) is 17.3 Å². The Bertz CT molecular complexity index is 479. The van der Waals surface area contributed by atoms with E-state index < -0.39 is 4.92 Å². The summed E-state index contributed by atoms with van der Waals surface area (Å²) >= 11 is 0. The summed E-state index contributed by atoms with van der Waals surface area (Å²) in [6.45, 7) is 4.46. The minimum Gasteiger partial charge on any atom is -0.380 e. The number of nitrogens with zero attached hydrogens (tertiary/aromatic N) is 2. The van der Waals surface area contributed by atoms with Crippen LogP contribution in [0, 0.1) is 27.4 Å². The molecule has 0 aliphatic carbocycles. The van der Waals surface area contributed by atoms with E-state index in [2.05, 4.69) is 5.32 Å². The largest absolute Gasteiger partial charge is 0.380 e. The number of rotatable bonds is 5. The van der Waals surface area contributed by atoms with Crippen molar-refractivity contribution >= 4 is 11.4 Å². The number of non-ortho nitro benzene ring substituents is 1. The van der Waals surface area contributed by atoms with E-state index in [1.807, 2.05) is 19.9 Å². The summed E-state index contributed by atoms with van der Waals surface area (Å²) in [5.74, 6) is 0.303. The minimum atomic E-state index is -0.520. The summed E-state index contributed by atoms with van der Waals surface area (Å²) in [5, 5.41) is 22.8. The maximum absolute atomic E-state index is 10.6. The van der Waals surface area contributed by atoms with E-state index in [1.165, 1.54) is 12.1 Å². The van der Waals surface area contributed by atoms with Crippen LogP contribution < -0.4 is 11.1 Å². The molecule has 0 saturated carbocycles. The van der Waals surface area contributed by atoms with Crippen molar-refractivity contribution in [3.63, 3.8) is 0 Å². The molecule has 1 unspecified atom stereocenters. The third kappa shape index (κ3) is 3.18. The van der Waals surface area contributed by atoms with E-state index in [9.17, 15) is 10.1 Å². The lowest BCUT2D eigenvalue weighted by Gasteiger charge is -2.22. The zero-order chi connectivity index (χ0) is 13.7. The van der Waals surface area contributed by atoms with Crippen molar-refractivity contribution in [1.29, 1.82) is 5.26 Å². The normalized spacial score (nSPS) is 11.9. The van der Waals surface area contributed by atoms with Crippen LogP contribution in [0.1, 0.15) is 19.4 Å². The maximum Gasteiger partial charge on any atom is 0.270 e. The number of benzene rings is 1. The van der Waals surface area contributed by atoms with Crippen molar-refractivity contribution in [2.75, 3.05) is 11.9 Å². The monoisotopic (exact) mass is 248 g/mol. The fourth-order valence-corrected chi connectivity index (χ4v) is 1.56. The van der Waals surface area contributed by atoms with E-state index in [1.54, 1.807) is 6.07 Å². The zero-order valence-electron chi connectivity index (χ0n) is 10.4. The molecule has 6 heteroatoms. The average molecular weight is 248 g/mol. The van der Waals surface area contributed by atoms with Crippen molar-refractivity contribution in [2.24, 2.45) is 11.7 Å². The SMILES string of the molecule is CC(C)C(CN)Nc1ccc([N+](=O)[O-])cc1C#N. The van der Waals surface area contributed by atoms with E-state index in [0.29, 0.717) is 18.2 Å². The van der Waals surface area contributed by atoms with Crippen LogP contribution >= 0.6 is 0 Å². The molecule has 1 atom stereocenters. The molecule has 0 spiro atoms. The second-order valence-corrected chi connectivity index (χ2v) is 4.33. The lowest BCUT2D eigenvalue weighted by molar-refractivity contribution is -0.384. The number of anilines is 1. The summed E-state index contributed by atoms with van der Waals surface area (Å²) in [5.41, 5.74) is 6.38. The third-order valence-corrected chi connectivity index (χ3v) is 2.73. The molecule has 96 valence electrons. The number of nitro groups is 1. The molecule has 0 amide bonds. The molecule has 1 aromatic carbocycles. The number of nitrogens with one attached hydrogen (secondary N) is 1. The molecule has 0 heterocycles. The number of hydrogen-bond acceptors (Lipinski definition) is 5. The molecule has 18 heavy (non-hydrogen) atoms. The highest BCUT2D eigenvalue weighted by molar-refractivity contribution is 5.61. The highest BCUT2D eigenvalue weighted by atomic mass is 16.6. The van der Waals surface area contributed by atoms with Gasteiger partial charge in [0.15, 0.2) is 0 Å². The third-order valence-electron chi connectivity index (χ3n) is 2.73. The highest BCUT2D eigenvalue weighted by Crippen LogP contribution is 2.22. The predicted octanol–water partition coefficient (Wildman–Crippen LogP) is 1.86. The van der Waals surface area contributed by atoms with Crippen LogP contribution in [0.25, 0.3) is 0 Å². The molecular formula is C12H16N4O2. The van der Waals surface area contributed by atoms with Crippen molar-refractivity contribution in [1.82, 2.24) is 0 Å². The molecule has 0 saturated heterocycles. The Balaban J connectivity index is 3.03. The first-order valence-corrected chi connectivity index (χ1v) is 5.64. The van der Waals surface area contributed by atoms with Gasteiger partial charge in [0.05, 0.1) is 16.2 Å². The van der Waals surface area contributed by atoms with Crippen LogP contribution in [-0.2, 0) is 0 Å². The van der Waals surface area contributed by atoms with Gasteiger partial charge in [0.2, 0.25) is 0 Å². The van der Waals surface area contributed by atoms with Gasteiger partial charge >= 0.3 is 0 Å². The van der Waals surface area contributed by atoms with E-state index >= 15 is 0 Å². The number of nitrogens with two attached hydrogens (primary N) is 1. The van der Waals surface area contributed by atoms with Crippen molar-refractivity contribution in [3.8, 4) is 6.07 Å². The van der Waals surface area contributed by atoms with Gasteiger partial charge < -0.3 is 11.1 Å². The molecule has 1 rings (SSSR count). The quantitative estimate of drug-likeness (QED) is 0.611. The molecule has 0 aliphatic heterocycles. The second kappa shape index (κ2) is 5.98. The molecule has 0 aromatic heterocycles. The molecule has 0 bridgehead atoms. The Labute approximate surface area is 106 Å². The second-order valence-electron chi connectivity index (χ2n) is 4.33. The lowest BCUT2D eigenvalue weighted by atomic mass is 10.0. The highest BCUT2D eigenvalue weighted by Gasteiger charge is 2.15. The van der Waals surface area contributed by atoms with Crippen molar-refractivity contribution in [3.05, 3.63) is 33.9 Å². The Kier molecular flexibility index (Phi) is 4.63. The molecule has 1 aromatic rings. The molecule has 3 N–H and O–H groups in total. The van der Waals surface area contributed by atoms with Crippen LogP contribution in [0.4, 0.5) is 11.4 Å². The number of hydrogen-bond donors (Lipinski definition) is 2. The topological polar surface area (TPSA) is 105 Å². The van der Waals surface area contributed by atoms with Gasteiger partial charge in [0, 0.05) is 24.7 Å². The molecule has 0 radical (unpaired) electrons. The minimum absolute atomic E-state index is 0.0264. The van der Waals surface area contributed by atoms with Crippen LogP contribution in [0.5, 0.6) is 0 Å². The van der Waals surface area contributed by atoms with Crippen molar-refractivity contribution in [2.45, 2.75) is 19.9 Å². The van der Waals surface area contributed by atoms with Gasteiger partial charge in [-0.05, 0) is 12.0 Å². The molecule has 0 fully saturated rings. The molecule has 0 aliphatic rings. The first-order chi connectivity index (χ1) is 8.49. The predicted molar refractivity (Wildman–Crippen MR) is 69.1 cm³/mol. The molecule has 6 nitrogen and oxygen atoms in total. The maximum atomic E-state index is 10.6. The van der Waals surface area contributed by atoms with Gasteiger partial charge in [-0.1, -0.05) is 13.8 Å². The van der Waals surface area contributed by atoms with Crippen molar-refractivity contribution < 1.29 is 4.92 Å². The van der Waals surface area contributed by atoms with Gasteiger partial charge in [0.1, 0.15) is 6.07 Å². The summed E-state index contributed by atoms with van der Waals surface area (Å²) in [6, 6.07) is 6.15. The summed E-state index contributed by atoms with van der Waals surface area (Å²) in [4.78, 5) is 10.1. The van der Waals surface area contributed by atoms with Gasteiger partial charge in [-0.15, -0.1) is 0 Å². The molecular weight excluding hydrogens is 232 g/mol. The van der Waals surface area contributed by atoms with Gasteiger partial charge in [-0.25, -0.2) is 0 Å². The van der Waals surface area contributed by atoms with Crippen LogP contribution in [0.3, 0.4) is 0 Å². The Hall–Kier alpha value is -2.13. The summed E-state index contributed by atoms with van der Waals surface area (Å²) in [6.07, 6.45) is 0. The summed E-state index contributed by atoms with van der Waals surface area (Å²) in [7, 11) is 0. The van der Waals surface area contributed by atoms with E-state index in [0.717, 1.165) is 0 Å². The fourth-order valence-electron chi connectivity index (χ4n) is 1.56. The number of nitro benzene ring substituents is 1. The Morgan fingerprint density at radius 2 is 2.22 bits per heavy atom. The summed E-state index contributed by atoms with van der Waals surface area (Å²) < 4.78 is 0. The van der Waals surface area contributed by atoms with Gasteiger partial charge in [-0.2, -0.15) is 5.26 Å². The Morgan fingerprint density at radius 1 is 1.56 bits per heavy atom. The van der Waals surface area contributed by atoms with Gasteiger partial charge in [0.25, 0.3) is 5.69 Å². The Morgan fingerprint density at radius 3 is 2.67 bits per heavy atom. The van der Waals surface area contributed by atoms with Crippen LogP contribution in [-0.4, -0.2) is 17.5 Å². The van der Waals surface area contributed by atoms with Gasteiger partial charge in [-0.3, -0.25) is 10.1 Å². The lowest BCUT2D eigenvalue weighted by Crippen LogP contribution is -2.33. The van der Waals surface area contributed by atoms with Crippen LogP contribution in [0.15, 0.2) is 18.2 Å². The standard InChI is InChI=1S/C12H16N4O2/c1-8(2)12(7-14)15-11-4-3-10(16(17)18)5-9(11)6-13/h3-5,8,12,15H,7,14H2,1-2H3. The van der Waals surface area contributed by atoms with Crippen LogP contribution in [0.2, 0.25) is 0 Å².